The summed E-state index contributed by atoms with van der Waals surface area (Å²) in [6, 6.07) is 0. The molecule has 0 N–H and O–H groups in total. The molecule has 0 spiro atoms. The Morgan fingerprint density at radius 3 is 1.50 bits per heavy atom. The number of hydrogen-bond acceptors (Lipinski definition) is 3. The molecule has 0 aromatic heterocycles. The van der Waals surface area contributed by atoms with Crippen LogP contribution in [-0.2, 0) is 21.1 Å². The number of rotatable bonds is 0. The van der Waals surface area contributed by atoms with E-state index in [1.165, 1.54) is 0 Å². The van der Waals surface area contributed by atoms with Crippen LogP contribution in [0.1, 0.15) is 0 Å². The van der Waals surface area contributed by atoms with Gasteiger partial charge in [0.2, 0.25) is 0 Å². The van der Waals surface area contributed by atoms with Crippen LogP contribution in [0.5, 0.6) is 0 Å². The van der Waals surface area contributed by atoms with Gasteiger partial charge in [-0.2, -0.15) is 0 Å². The zero-order valence-electron chi connectivity index (χ0n) is 2.57. The fourth-order valence-electron chi connectivity index (χ4n) is 0. The maximum atomic E-state index is 9.07. The third kappa shape index (κ3) is 73.1. The third-order valence-corrected chi connectivity index (χ3v) is 0. The van der Waals surface area contributed by atoms with Crippen molar-refractivity contribution in [2.45, 2.75) is 0 Å². The fourth-order valence-corrected chi connectivity index (χ4v) is 0. The predicted molar refractivity (Wildman–Crippen MR) is 17.3 cm³/mol. The molecular formula is H2NiO3P2. The topological polar surface area (TPSA) is 63.2 Å². The van der Waals surface area contributed by atoms with Gasteiger partial charge in [0.1, 0.15) is 0 Å². The molecule has 0 saturated heterocycles. The molecule has 6 heavy (non-hydrogen) atoms. The molecular weight excluding hydrogens is 169 g/mol. The second kappa shape index (κ2) is 3.12. The molecule has 0 saturated carbocycles. The molecule has 0 aliphatic rings. The van der Waals surface area contributed by atoms with Crippen molar-refractivity contribution in [1.29, 1.82) is 0 Å². The van der Waals surface area contributed by atoms with Crippen LogP contribution in [0, 0.1) is 0 Å². The normalized spacial score (nSPS) is 9.83. The molecule has 0 amide bonds. The van der Waals surface area contributed by atoms with Gasteiger partial charge in [-0.15, -0.1) is 8.93 Å². The standard InChI is InChI=1S/Ni.H4O3P2/c;1-5(2,3)4/h;4H2,(H2,1,2,3)/q+2;/p-2. The van der Waals surface area contributed by atoms with Crippen LogP contribution in [0.2, 0.25) is 0 Å². The first-order chi connectivity index (χ1) is 2.00. The Bertz CT molecular complexity index is 54.9. The zero-order chi connectivity index (χ0) is 4.50. The Labute approximate surface area is 47.7 Å². The Balaban J connectivity index is 0. The molecule has 0 heterocycles. The van der Waals surface area contributed by atoms with Crippen LogP contribution in [-0.4, -0.2) is 0 Å². The fraction of sp³-hybridized carbons (Fsp3) is 0. The monoisotopic (exact) mass is 170 g/mol. The summed E-state index contributed by atoms with van der Waals surface area (Å²) in [5.74, 6) is 0. The molecule has 0 radical (unpaired) electrons. The van der Waals surface area contributed by atoms with Gasteiger partial charge in [-0.25, -0.2) is 0 Å². The Morgan fingerprint density at radius 2 is 1.50 bits per heavy atom. The molecule has 0 aliphatic heterocycles. The molecule has 3 nitrogen and oxygen atoms in total. The maximum absolute atomic E-state index is 9.07. The third-order valence-electron chi connectivity index (χ3n) is 0. The van der Waals surface area contributed by atoms with Gasteiger partial charge in [0.15, 0.2) is 0 Å². The average Bonchev–Trinajstić information content (AvgIpc) is 0.722. The summed E-state index contributed by atoms with van der Waals surface area (Å²) in [5.41, 5.74) is 0. The summed E-state index contributed by atoms with van der Waals surface area (Å²) in [5, 5.41) is 0. The quantitative estimate of drug-likeness (QED) is 0.335. The Kier molecular flexibility index (Phi) is 5.28. The maximum Gasteiger partial charge on any atom is 2.00 e. The Hall–Kier alpha value is 1.07. The van der Waals surface area contributed by atoms with Crippen LogP contribution in [0.4, 0.5) is 0 Å². The molecule has 0 aromatic carbocycles. The summed E-state index contributed by atoms with van der Waals surface area (Å²) in [6.45, 7) is 0. The summed E-state index contributed by atoms with van der Waals surface area (Å²) >= 11 is 0. The van der Waals surface area contributed by atoms with Gasteiger partial charge >= 0.3 is 16.5 Å². The van der Waals surface area contributed by atoms with E-state index in [4.69, 9.17) is 14.4 Å². The molecule has 0 rings (SSSR count). The summed E-state index contributed by atoms with van der Waals surface area (Å²) in [6.07, 6.45) is 0. The van der Waals surface area contributed by atoms with E-state index in [0.717, 1.165) is 8.93 Å². The molecule has 1 unspecified atom stereocenters. The number of hydrogen-bond donors (Lipinski definition) is 0. The molecule has 0 aromatic rings. The minimum Gasteiger partial charge on any atom is -0.808 e. The van der Waals surface area contributed by atoms with Crippen LogP contribution in [0.15, 0.2) is 0 Å². The molecule has 6 heteroatoms. The van der Waals surface area contributed by atoms with Crippen LogP contribution in [0.3, 0.4) is 0 Å². The summed E-state index contributed by atoms with van der Waals surface area (Å²) < 4.78 is 9.07. The van der Waals surface area contributed by atoms with Crippen molar-refractivity contribution < 1.29 is 30.8 Å². The van der Waals surface area contributed by atoms with Gasteiger partial charge in [-0.1, -0.05) is 0 Å². The van der Waals surface area contributed by atoms with E-state index < -0.39 is 7.28 Å². The van der Waals surface area contributed by atoms with Crippen LogP contribution >= 0.6 is 16.2 Å². The largest absolute Gasteiger partial charge is 2.00 e. The van der Waals surface area contributed by atoms with Gasteiger partial charge in [-0.05, 0) is 7.28 Å². The first kappa shape index (κ1) is 10.1. The van der Waals surface area contributed by atoms with E-state index in [1.54, 1.807) is 0 Å². The van der Waals surface area contributed by atoms with Crippen molar-refractivity contribution in [1.82, 2.24) is 0 Å². The predicted octanol–water partition coefficient (Wildman–Crippen LogP) is -1.31. The van der Waals surface area contributed by atoms with Gasteiger partial charge in [0, 0.05) is 0 Å². The van der Waals surface area contributed by atoms with Gasteiger partial charge in [-0.3, -0.25) is 0 Å². The first-order valence-electron chi connectivity index (χ1n) is 0.806. The van der Waals surface area contributed by atoms with Gasteiger partial charge in [0.05, 0.1) is 0 Å². The minimum absolute atomic E-state index is 0. The van der Waals surface area contributed by atoms with E-state index >= 15 is 0 Å². The van der Waals surface area contributed by atoms with Crippen molar-refractivity contribution in [3.63, 3.8) is 0 Å². The van der Waals surface area contributed by atoms with E-state index in [2.05, 4.69) is 0 Å². The Morgan fingerprint density at radius 1 is 1.50 bits per heavy atom. The smallest absolute Gasteiger partial charge is 0.808 e. The van der Waals surface area contributed by atoms with E-state index in [1.807, 2.05) is 0 Å². The second-order valence-electron chi connectivity index (χ2n) is 0.540. The summed E-state index contributed by atoms with van der Waals surface area (Å²) in [7, 11) is -3.06. The van der Waals surface area contributed by atoms with Crippen LogP contribution < -0.4 is 9.79 Å². The van der Waals surface area contributed by atoms with Crippen molar-refractivity contribution in [3.8, 4) is 0 Å². The van der Waals surface area contributed by atoms with E-state index in [0.29, 0.717) is 0 Å². The van der Waals surface area contributed by atoms with Gasteiger partial charge in [0.25, 0.3) is 0 Å². The minimum atomic E-state index is -4.22. The molecule has 0 aliphatic carbocycles. The van der Waals surface area contributed by atoms with Crippen molar-refractivity contribution in [3.05, 3.63) is 0 Å². The zero-order valence-corrected chi connectivity index (χ0v) is 5.60. The molecule has 0 fully saturated rings. The molecule has 40 valence electrons. The van der Waals surface area contributed by atoms with Crippen molar-refractivity contribution >= 4 is 16.2 Å². The first-order valence-corrected chi connectivity index (χ1v) is 3.97. The second-order valence-corrected chi connectivity index (χ2v) is 3.52. The average molecular weight is 171 g/mol. The van der Waals surface area contributed by atoms with Crippen LogP contribution in [0.25, 0.3) is 0 Å². The van der Waals surface area contributed by atoms with E-state index in [-0.39, 0.29) is 16.5 Å². The molecule has 0 bridgehead atoms. The van der Waals surface area contributed by atoms with E-state index in [9.17, 15) is 0 Å². The SMILES string of the molecule is O=P([O-])([O-])P.[Ni+2]. The summed E-state index contributed by atoms with van der Waals surface area (Å²) in [4.78, 5) is 18.1. The van der Waals surface area contributed by atoms with Gasteiger partial charge < -0.3 is 14.4 Å². The molecule has 1 atom stereocenters. The van der Waals surface area contributed by atoms with Crippen molar-refractivity contribution in [2.75, 3.05) is 0 Å². The van der Waals surface area contributed by atoms with Crippen molar-refractivity contribution in [2.24, 2.45) is 0 Å².